The second-order valence-electron chi connectivity index (χ2n) is 7.62. The van der Waals surface area contributed by atoms with Gasteiger partial charge in [0.2, 0.25) is 0 Å². The van der Waals surface area contributed by atoms with Crippen molar-refractivity contribution in [2.24, 2.45) is 17.8 Å². The van der Waals surface area contributed by atoms with Gasteiger partial charge in [0.05, 0.1) is 0 Å². The highest BCUT2D eigenvalue weighted by Gasteiger charge is 2.26. The average molecular weight is 280 g/mol. The third kappa shape index (κ3) is 4.46. The molecule has 0 saturated carbocycles. The van der Waals surface area contributed by atoms with Crippen LogP contribution < -0.4 is 0 Å². The molecule has 1 unspecified atom stereocenters. The topological polar surface area (TPSA) is 6.48 Å². The Morgan fingerprint density at radius 2 is 1.50 bits per heavy atom. The molecule has 0 aromatic heterocycles. The molecule has 0 aromatic carbocycles. The lowest BCUT2D eigenvalue weighted by molar-refractivity contribution is 0.0927. The third-order valence-electron chi connectivity index (χ3n) is 5.95. The first-order valence-electron chi connectivity index (χ1n) is 9.06. The summed E-state index contributed by atoms with van der Waals surface area (Å²) in [5.41, 5.74) is 0. The van der Waals surface area contributed by atoms with Crippen molar-refractivity contribution in [1.82, 2.24) is 9.80 Å². The van der Waals surface area contributed by atoms with E-state index in [4.69, 9.17) is 0 Å². The van der Waals surface area contributed by atoms with Crippen LogP contribution in [-0.2, 0) is 0 Å². The minimum atomic E-state index is 0.790. The van der Waals surface area contributed by atoms with Gasteiger partial charge in [0.1, 0.15) is 0 Å². The normalized spacial score (nSPS) is 26.2. The van der Waals surface area contributed by atoms with Gasteiger partial charge in [0.15, 0.2) is 0 Å². The Kier molecular flexibility index (Phi) is 6.35. The molecule has 2 rings (SSSR count). The molecule has 2 aliphatic rings. The van der Waals surface area contributed by atoms with E-state index in [1.54, 1.807) is 0 Å². The standard InChI is InChI=1S/C18H36N2/c1-5-16(4)20-12-6-17(7-13-20)14-19-10-8-18(9-11-19)15(2)3/h15-18H,5-14H2,1-4H3. The molecule has 0 aliphatic carbocycles. The Hall–Kier alpha value is -0.0800. The highest BCUT2D eigenvalue weighted by Crippen LogP contribution is 2.27. The van der Waals surface area contributed by atoms with Gasteiger partial charge in [-0.2, -0.15) is 0 Å². The van der Waals surface area contributed by atoms with Crippen LogP contribution in [0.4, 0.5) is 0 Å². The maximum atomic E-state index is 2.75. The first-order chi connectivity index (χ1) is 9.60. The molecule has 20 heavy (non-hydrogen) atoms. The van der Waals surface area contributed by atoms with Crippen molar-refractivity contribution in [3.05, 3.63) is 0 Å². The molecule has 2 aliphatic heterocycles. The number of rotatable bonds is 5. The Morgan fingerprint density at radius 3 is 2.00 bits per heavy atom. The Balaban J connectivity index is 1.66. The lowest BCUT2D eigenvalue weighted by Crippen LogP contribution is -2.44. The fourth-order valence-electron chi connectivity index (χ4n) is 4.00. The molecule has 0 amide bonds. The smallest absolute Gasteiger partial charge is 0.00643 e. The molecule has 0 bridgehead atoms. The number of likely N-dealkylation sites (tertiary alicyclic amines) is 2. The van der Waals surface area contributed by atoms with Crippen molar-refractivity contribution in [2.75, 3.05) is 32.7 Å². The molecule has 2 heteroatoms. The van der Waals surface area contributed by atoms with Gasteiger partial charge in [-0.25, -0.2) is 0 Å². The van der Waals surface area contributed by atoms with Crippen molar-refractivity contribution >= 4 is 0 Å². The number of hydrogen-bond donors (Lipinski definition) is 0. The van der Waals surface area contributed by atoms with Gasteiger partial charge < -0.3 is 9.80 Å². The zero-order valence-electron chi connectivity index (χ0n) is 14.3. The van der Waals surface area contributed by atoms with E-state index in [0.717, 1.165) is 23.8 Å². The largest absolute Gasteiger partial charge is 0.303 e. The second kappa shape index (κ2) is 7.79. The van der Waals surface area contributed by atoms with Crippen LogP contribution in [0.3, 0.4) is 0 Å². The second-order valence-corrected chi connectivity index (χ2v) is 7.62. The first-order valence-corrected chi connectivity index (χ1v) is 9.06. The molecule has 2 heterocycles. The summed E-state index contributed by atoms with van der Waals surface area (Å²) < 4.78 is 0. The predicted octanol–water partition coefficient (Wildman–Crippen LogP) is 3.86. The van der Waals surface area contributed by atoms with Gasteiger partial charge in [-0.1, -0.05) is 20.8 Å². The van der Waals surface area contributed by atoms with E-state index >= 15 is 0 Å². The lowest BCUT2D eigenvalue weighted by Gasteiger charge is -2.40. The summed E-state index contributed by atoms with van der Waals surface area (Å²) in [5, 5.41) is 0. The zero-order chi connectivity index (χ0) is 14.5. The Labute approximate surface area is 126 Å². The summed E-state index contributed by atoms with van der Waals surface area (Å²) in [6.07, 6.45) is 7.02. The molecular weight excluding hydrogens is 244 g/mol. The van der Waals surface area contributed by atoms with Crippen molar-refractivity contribution < 1.29 is 0 Å². The van der Waals surface area contributed by atoms with Crippen LogP contribution in [-0.4, -0.2) is 48.6 Å². The van der Waals surface area contributed by atoms with Gasteiger partial charge >= 0.3 is 0 Å². The fourth-order valence-corrected chi connectivity index (χ4v) is 4.00. The zero-order valence-corrected chi connectivity index (χ0v) is 14.3. The summed E-state index contributed by atoms with van der Waals surface area (Å²) in [6, 6.07) is 0.790. The van der Waals surface area contributed by atoms with Crippen molar-refractivity contribution in [1.29, 1.82) is 0 Å². The van der Waals surface area contributed by atoms with Crippen LogP contribution in [0.25, 0.3) is 0 Å². The number of piperidine rings is 2. The molecule has 0 radical (unpaired) electrons. The SMILES string of the molecule is CCC(C)N1CCC(CN2CCC(C(C)C)CC2)CC1. The van der Waals surface area contributed by atoms with Crippen molar-refractivity contribution in [2.45, 2.75) is 65.8 Å². The van der Waals surface area contributed by atoms with Gasteiger partial charge in [-0.05, 0) is 83.0 Å². The average Bonchev–Trinajstić information content (AvgIpc) is 2.48. The van der Waals surface area contributed by atoms with E-state index < -0.39 is 0 Å². The van der Waals surface area contributed by atoms with Gasteiger partial charge in [0.25, 0.3) is 0 Å². The summed E-state index contributed by atoms with van der Waals surface area (Å²) in [4.78, 5) is 5.45. The molecule has 118 valence electrons. The molecule has 0 aromatic rings. The predicted molar refractivity (Wildman–Crippen MR) is 88.1 cm³/mol. The maximum Gasteiger partial charge on any atom is 0.00643 e. The maximum absolute atomic E-state index is 2.75. The summed E-state index contributed by atoms with van der Waals surface area (Å²) in [7, 11) is 0. The van der Waals surface area contributed by atoms with Crippen molar-refractivity contribution in [3.63, 3.8) is 0 Å². The summed E-state index contributed by atoms with van der Waals surface area (Å²) in [6.45, 7) is 16.2. The van der Waals surface area contributed by atoms with E-state index in [1.165, 1.54) is 64.8 Å². The van der Waals surface area contributed by atoms with Gasteiger partial charge in [0, 0.05) is 12.6 Å². The minimum absolute atomic E-state index is 0.790. The van der Waals surface area contributed by atoms with Crippen molar-refractivity contribution in [3.8, 4) is 0 Å². The van der Waals surface area contributed by atoms with Crippen LogP contribution in [0, 0.1) is 17.8 Å². The van der Waals surface area contributed by atoms with Gasteiger partial charge in [-0.3, -0.25) is 0 Å². The Bertz CT molecular complexity index is 261. The summed E-state index contributed by atoms with van der Waals surface area (Å²) in [5.74, 6) is 2.83. The molecule has 0 N–H and O–H groups in total. The molecule has 1 atom stereocenters. The Morgan fingerprint density at radius 1 is 0.900 bits per heavy atom. The van der Waals surface area contributed by atoms with Crippen LogP contribution >= 0.6 is 0 Å². The van der Waals surface area contributed by atoms with Gasteiger partial charge in [-0.15, -0.1) is 0 Å². The van der Waals surface area contributed by atoms with E-state index in [2.05, 4.69) is 37.5 Å². The van der Waals surface area contributed by atoms with Crippen LogP contribution in [0.15, 0.2) is 0 Å². The molecule has 2 saturated heterocycles. The molecule has 2 fully saturated rings. The lowest BCUT2D eigenvalue weighted by atomic mass is 9.86. The first kappa shape index (κ1) is 16.3. The molecule has 0 spiro atoms. The monoisotopic (exact) mass is 280 g/mol. The van der Waals surface area contributed by atoms with E-state index in [-0.39, 0.29) is 0 Å². The third-order valence-corrected chi connectivity index (χ3v) is 5.95. The van der Waals surface area contributed by atoms with Crippen LogP contribution in [0.1, 0.15) is 59.8 Å². The highest BCUT2D eigenvalue weighted by atomic mass is 15.2. The van der Waals surface area contributed by atoms with E-state index in [9.17, 15) is 0 Å². The number of nitrogens with zero attached hydrogens (tertiary/aromatic N) is 2. The minimum Gasteiger partial charge on any atom is -0.303 e. The number of hydrogen-bond acceptors (Lipinski definition) is 2. The molecule has 2 nitrogen and oxygen atoms in total. The quantitative estimate of drug-likeness (QED) is 0.754. The summed E-state index contributed by atoms with van der Waals surface area (Å²) >= 11 is 0. The van der Waals surface area contributed by atoms with Crippen LogP contribution in [0.2, 0.25) is 0 Å². The van der Waals surface area contributed by atoms with Crippen LogP contribution in [0.5, 0.6) is 0 Å². The van der Waals surface area contributed by atoms with E-state index in [1.807, 2.05) is 0 Å². The van der Waals surface area contributed by atoms with E-state index in [0.29, 0.717) is 0 Å². The fraction of sp³-hybridized carbons (Fsp3) is 1.00. The molecular formula is C18H36N2. The highest BCUT2D eigenvalue weighted by molar-refractivity contribution is 4.80.